The molecule has 1 heteroatoms. The molecule has 2 saturated carbocycles. The molecule has 0 radical (unpaired) electrons. The second kappa shape index (κ2) is 5.91. The first kappa shape index (κ1) is 14.6. The summed E-state index contributed by atoms with van der Waals surface area (Å²) < 4.78 is 2.50. The van der Waals surface area contributed by atoms with Gasteiger partial charge in [0.15, 0.2) is 0 Å². The fraction of sp³-hybridized carbons (Fsp3) is 0.714. The Hall–Kier alpha value is -0.980. The summed E-state index contributed by atoms with van der Waals surface area (Å²) in [6, 6.07) is 0. The maximum Gasteiger partial charge on any atom is 0.0444 e. The van der Waals surface area contributed by atoms with E-state index < -0.39 is 0 Å². The van der Waals surface area contributed by atoms with E-state index in [0.717, 1.165) is 11.8 Å². The lowest BCUT2D eigenvalue weighted by Crippen LogP contribution is -2.11. The highest BCUT2D eigenvalue weighted by atomic mass is 15.0. The van der Waals surface area contributed by atoms with Gasteiger partial charge in [-0.15, -0.1) is 0 Å². The van der Waals surface area contributed by atoms with E-state index in [1.54, 1.807) is 28.1 Å². The van der Waals surface area contributed by atoms with Crippen LogP contribution in [0.5, 0.6) is 0 Å². The Bertz CT molecular complexity index is 578. The highest BCUT2D eigenvalue weighted by Gasteiger charge is 2.31. The summed E-state index contributed by atoms with van der Waals surface area (Å²) in [6.07, 6.45) is 18.3. The van der Waals surface area contributed by atoms with Crippen molar-refractivity contribution in [3.8, 4) is 0 Å². The lowest BCUT2D eigenvalue weighted by atomic mass is 9.80. The molecule has 1 aromatic rings. The Morgan fingerprint density at radius 1 is 0.864 bits per heavy atom. The van der Waals surface area contributed by atoms with Crippen LogP contribution < -0.4 is 0 Å². The molecule has 2 fully saturated rings. The van der Waals surface area contributed by atoms with Crippen molar-refractivity contribution in [2.75, 3.05) is 0 Å². The third-order valence-electron chi connectivity index (χ3n) is 6.73. The summed E-state index contributed by atoms with van der Waals surface area (Å²) >= 11 is 0. The molecule has 3 aliphatic rings. The van der Waals surface area contributed by atoms with Gasteiger partial charge in [-0.1, -0.05) is 44.1 Å². The Balaban J connectivity index is 1.64. The summed E-state index contributed by atoms with van der Waals surface area (Å²) in [5.41, 5.74) is 8.33. The fourth-order valence-corrected chi connectivity index (χ4v) is 5.39. The van der Waals surface area contributed by atoms with E-state index in [1.807, 2.05) is 0 Å². The zero-order valence-corrected chi connectivity index (χ0v) is 14.5. The number of rotatable bonds is 2. The number of hydrogen-bond acceptors (Lipinski definition) is 0. The molecule has 1 aromatic heterocycles. The van der Waals surface area contributed by atoms with Gasteiger partial charge >= 0.3 is 0 Å². The van der Waals surface area contributed by atoms with Gasteiger partial charge in [0.05, 0.1) is 0 Å². The summed E-state index contributed by atoms with van der Waals surface area (Å²) in [7, 11) is 2.29. The number of hydrogen-bond donors (Lipinski definition) is 0. The van der Waals surface area contributed by atoms with Crippen molar-refractivity contribution in [3.05, 3.63) is 28.1 Å². The van der Waals surface area contributed by atoms with Crippen molar-refractivity contribution in [2.45, 2.75) is 83.5 Å². The van der Waals surface area contributed by atoms with Crippen LogP contribution in [0.15, 0.2) is 5.57 Å². The Labute approximate surface area is 135 Å². The topological polar surface area (TPSA) is 4.93 Å². The molecule has 0 bridgehead atoms. The van der Waals surface area contributed by atoms with Crippen molar-refractivity contribution in [3.63, 3.8) is 0 Å². The number of nitrogens with zero attached hydrogens (tertiary/aromatic N) is 1. The molecule has 1 heterocycles. The van der Waals surface area contributed by atoms with Crippen LogP contribution in [0.2, 0.25) is 0 Å². The monoisotopic (exact) mass is 297 g/mol. The number of fused-ring (bicyclic) bond motifs is 1. The second-order valence-electron chi connectivity index (χ2n) is 7.99. The summed E-state index contributed by atoms with van der Waals surface area (Å²) in [5, 5.41) is 0. The standard InChI is InChI=1S/C21H31N/c1-15-21(17-11-7-4-8-12-17)19-13-18(14-20(19)22(15)2)16-9-5-3-6-10-16/h14,16-17H,3-13H2,1-2H3. The normalized spacial score (nSPS) is 23.6. The first-order chi connectivity index (χ1) is 10.8. The Morgan fingerprint density at radius 3 is 2.09 bits per heavy atom. The molecule has 0 saturated heterocycles. The van der Waals surface area contributed by atoms with Gasteiger partial charge in [0.1, 0.15) is 0 Å². The van der Waals surface area contributed by atoms with E-state index in [9.17, 15) is 0 Å². The van der Waals surface area contributed by atoms with E-state index in [2.05, 4.69) is 24.6 Å². The largest absolute Gasteiger partial charge is 0.348 e. The van der Waals surface area contributed by atoms with Crippen LogP contribution in [-0.2, 0) is 13.5 Å². The van der Waals surface area contributed by atoms with Crippen molar-refractivity contribution >= 4 is 6.08 Å². The molecule has 120 valence electrons. The maximum atomic E-state index is 2.57. The van der Waals surface area contributed by atoms with Gasteiger partial charge in [-0.05, 0) is 68.1 Å². The first-order valence-electron chi connectivity index (χ1n) is 9.64. The predicted molar refractivity (Wildman–Crippen MR) is 94.2 cm³/mol. The van der Waals surface area contributed by atoms with Gasteiger partial charge in [0, 0.05) is 18.4 Å². The number of allylic oxidation sites excluding steroid dienone is 1. The van der Waals surface area contributed by atoms with Crippen molar-refractivity contribution in [2.24, 2.45) is 13.0 Å². The molecule has 4 rings (SSSR count). The Kier molecular flexibility index (Phi) is 3.92. The van der Waals surface area contributed by atoms with E-state index in [-0.39, 0.29) is 0 Å². The highest BCUT2D eigenvalue weighted by molar-refractivity contribution is 5.66. The van der Waals surface area contributed by atoms with Crippen molar-refractivity contribution in [1.82, 2.24) is 4.57 Å². The van der Waals surface area contributed by atoms with Crippen LogP contribution in [-0.4, -0.2) is 4.57 Å². The van der Waals surface area contributed by atoms with E-state index in [4.69, 9.17) is 0 Å². The summed E-state index contributed by atoms with van der Waals surface area (Å²) in [6.45, 7) is 2.36. The minimum Gasteiger partial charge on any atom is -0.348 e. The summed E-state index contributed by atoms with van der Waals surface area (Å²) in [5.74, 6) is 1.74. The van der Waals surface area contributed by atoms with Gasteiger partial charge in [0.25, 0.3) is 0 Å². The SMILES string of the molecule is Cc1c(C2CCCCC2)c2c(n1C)C=C(C1CCCCC1)C2. The molecule has 0 atom stereocenters. The number of aromatic nitrogens is 1. The molecule has 0 aromatic carbocycles. The van der Waals surface area contributed by atoms with Crippen LogP contribution in [0.4, 0.5) is 0 Å². The van der Waals surface area contributed by atoms with Crippen LogP contribution in [0.1, 0.15) is 92.6 Å². The van der Waals surface area contributed by atoms with Crippen LogP contribution in [0.3, 0.4) is 0 Å². The molecular weight excluding hydrogens is 266 g/mol. The third kappa shape index (κ3) is 2.37. The molecule has 0 aliphatic heterocycles. The minimum absolute atomic E-state index is 0.850. The van der Waals surface area contributed by atoms with Gasteiger partial charge < -0.3 is 4.57 Å². The summed E-state index contributed by atoms with van der Waals surface area (Å²) in [4.78, 5) is 0. The molecule has 0 amide bonds. The minimum atomic E-state index is 0.850. The molecule has 1 nitrogen and oxygen atoms in total. The molecule has 0 N–H and O–H groups in total. The average Bonchev–Trinajstić information content (AvgIpc) is 3.09. The quantitative estimate of drug-likeness (QED) is 0.640. The highest BCUT2D eigenvalue weighted by Crippen LogP contribution is 2.44. The fourth-order valence-electron chi connectivity index (χ4n) is 5.39. The Morgan fingerprint density at radius 2 is 1.45 bits per heavy atom. The smallest absolute Gasteiger partial charge is 0.0444 e. The van der Waals surface area contributed by atoms with Gasteiger partial charge in [-0.3, -0.25) is 0 Å². The predicted octanol–water partition coefficient (Wildman–Crippen LogP) is 5.90. The lowest BCUT2D eigenvalue weighted by molar-refractivity contribution is 0.400. The van der Waals surface area contributed by atoms with E-state index >= 15 is 0 Å². The lowest BCUT2D eigenvalue weighted by Gasteiger charge is -2.25. The zero-order chi connectivity index (χ0) is 15.1. The molecular formula is C21H31N. The molecule has 0 spiro atoms. The molecule has 22 heavy (non-hydrogen) atoms. The van der Waals surface area contributed by atoms with E-state index in [0.29, 0.717) is 0 Å². The average molecular weight is 297 g/mol. The van der Waals surface area contributed by atoms with Gasteiger partial charge in [-0.25, -0.2) is 0 Å². The zero-order valence-electron chi connectivity index (χ0n) is 14.5. The van der Waals surface area contributed by atoms with Crippen LogP contribution >= 0.6 is 0 Å². The van der Waals surface area contributed by atoms with Crippen molar-refractivity contribution in [1.29, 1.82) is 0 Å². The van der Waals surface area contributed by atoms with E-state index in [1.165, 1.54) is 70.6 Å². The molecule has 0 unspecified atom stereocenters. The second-order valence-corrected chi connectivity index (χ2v) is 7.99. The van der Waals surface area contributed by atoms with Crippen LogP contribution in [0, 0.1) is 12.8 Å². The first-order valence-corrected chi connectivity index (χ1v) is 9.64. The van der Waals surface area contributed by atoms with Gasteiger partial charge in [0.2, 0.25) is 0 Å². The third-order valence-corrected chi connectivity index (χ3v) is 6.73. The van der Waals surface area contributed by atoms with Gasteiger partial charge in [-0.2, -0.15) is 0 Å². The van der Waals surface area contributed by atoms with Crippen molar-refractivity contribution < 1.29 is 0 Å². The maximum absolute atomic E-state index is 2.57. The van der Waals surface area contributed by atoms with Crippen LogP contribution in [0.25, 0.3) is 6.08 Å². The molecule has 3 aliphatic carbocycles.